The lowest BCUT2D eigenvalue weighted by atomic mass is 10.0. The first-order chi connectivity index (χ1) is 11.1. The molecule has 0 saturated heterocycles. The molecule has 116 valence electrons. The zero-order valence-electron chi connectivity index (χ0n) is 11.5. The second-order valence-corrected chi connectivity index (χ2v) is 5.18. The number of urea groups is 1. The lowest BCUT2D eigenvalue weighted by Gasteiger charge is -2.12. The molecule has 7 nitrogen and oxygen atoms in total. The molecule has 0 aliphatic carbocycles. The summed E-state index contributed by atoms with van der Waals surface area (Å²) in [4.78, 5) is 12.0. The quantitative estimate of drug-likeness (QED) is 0.742. The van der Waals surface area contributed by atoms with Crippen molar-refractivity contribution in [1.82, 2.24) is 15.6 Å². The maximum atomic E-state index is 12.0. The largest absolute Gasteiger partial charge is 0.349 e. The van der Waals surface area contributed by atoms with Crippen LogP contribution in [0.4, 0.5) is 16.5 Å². The van der Waals surface area contributed by atoms with Gasteiger partial charge in [0.25, 0.3) is 0 Å². The SMILES string of the molecule is O=C(Nc1nnno1)Nc1ccccc1-c1cccc(Cl)c1Cl. The fourth-order valence-corrected chi connectivity index (χ4v) is 2.37. The number of carbonyl (C=O) groups is 1. The van der Waals surface area contributed by atoms with E-state index in [0.29, 0.717) is 21.3 Å². The summed E-state index contributed by atoms with van der Waals surface area (Å²) in [5.74, 6) is 0. The Morgan fingerprint density at radius 3 is 2.57 bits per heavy atom. The molecular weight excluding hydrogens is 341 g/mol. The minimum atomic E-state index is -0.554. The number of benzene rings is 2. The van der Waals surface area contributed by atoms with Crippen LogP contribution in [0.3, 0.4) is 0 Å². The lowest BCUT2D eigenvalue weighted by Crippen LogP contribution is -2.20. The van der Waals surface area contributed by atoms with Crippen molar-refractivity contribution in [3.8, 4) is 11.1 Å². The van der Waals surface area contributed by atoms with E-state index in [0.717, 1.165) is 5.56 Å². The molecule has 1 aromatic heterocycles. The van der Waals surface area contributed by atoms with Crippen LogP contribution < -0.4 is 10.6 Å². The van der Waals surface area contributed by atoms with E-state index in [1.807, 2.05) is 18.2 Å². The number of carbonyl (C=O) groups excluding carboxylic acids is 1. The van der Waals surface area contributed by atoms with Crippen molar-refractivity contribution in [2.45, 2.75) is 0 Å². The maximum Gasteiger partial charge on any atom is 0.349 e. The van der Waals surface area contributed by atoms with E-state index in [1.165, 1.54) is 0 Å². The Morgan fingerprint density at radius 1 is 1.00 bits per heavy atom. The second-order valence-electron chi connectivity index (χ2n) is 4.39. The van der Waals surface area contributed by atoms with Crippen molar-refractivity contribution >= 4 is 40.9 Å². The molecule has 0 saturated carbocycles. The minimum absolute atomic E-state index is 0.110. The highest BCUT2D eigenvalue weighted by Crippen LogP contribution is 2.37. The summed E-state index contributed by atoms with van der Waals surface area (Å²) in [5.41, 5.74) is 1.97. The number of halogens is 2. The first-order valence-corrected chi connectivity index (χ1v) is 7.17. The van der Waals surface area contributed by atoms with Gasteiger partial charge in [0.1, 0.15) is 0 Å². The van der Waals surface area contributed by atoms with E-state index in [-0.39, 0.29) is 6.01 Å². The number of amides is 2. The van der Waals surface area contributed by atoms with Crippen molar-refractivity contribution < 1.29 is 9.32 Å². The molecule has 2 aromatic carbocycles. The van der Waals surface area contributed by atoms with Crippen LogP contribution in [0.2, 0.25) is 10.0 Å². The van der Waals surface area contributed by atoms with Crippen molar-refractivity contribution in [3.63, 3.8) is 0 Å². The molecule has 2 N–H and O–H groups in total. The average molecular weight is 350 g/mol. The van der Waals surface area contributed by atoms with Gasteiger partial charge in [-0.3, -0.25) is 9.84 Å². The Bertz CT molecular complexity index is 839. The van der Waals surface area contributed by atoms with Gasteiger partial charge in [0.15, 0.2) is 0 Å². The van der Waals surface area contributed by atoms with Crippen LogP contribution in [-0.2, 0) is 0 Å². The molecule has 23 heavy (non-hydrogen) atoms. The standard InChI is InChI=1S/C14H9Cl2N5O2/c15-10-6-3-5-9(12(10)16)8-4-1-2-7-11(8)17-13(22)18-14-19-20-21-23-14/h1-7H,(H2,17,18,19,21,22). The van der Waals surface area contributed by atoms with Crippen molar-refractivity contribution in [2.24, 2.45) is 0 Å². The number of nitrogens with zero attached hydrogens (tertiary/aromatic N) is 3. The van der Waals surface area contributed by atoms with Crippen molar-refractivity contribution in [3.05, 3.63) is 52.5 Å². The molecular formula is C14H9Cl2N5O2. The van der Waals surface area contributed by atoms with Crippen LogP contribution >= 0.6 is 23.2 Å². The summed E-state index contributed by atoms with van der Waals surface area (Å²) < 4.78 is 4.61. The van der Waals surface area contributed by atoms with Crippen LogP contribution in [0.5, 0.6) is 0 Å². The third kappa shape index (κ3) is 3.41. The smallest absolute Gasteiger partial charge is 0.307 e. The van der Waals surface area contributed by atoms with Gasteiger partial charge in [0, 0.05) is 11.1 Å². The third-order valence-corrected chi connectivity index (χ3v) is 3.76. The van der Waals surface area contributed by atoms with E-state index in [9.17, 15) is 4.79 Å². The summed E-state index contributed by atoms with van der Waals surface area (Å²) in [6, 6.07) is 11.8. The zero-order valence-corrected chi connectivity index (χ0v) is 13.0. The Balaban J connectivity index is 1.89. The first kappa shape index (κ1) is 15.3. The molecule has 0 unspecified atom stereocenters. The topological polar surface area (TPSA) is 92.9 Å². The van der Waals surface area contributed by atoms with Gasteiger partial charge in [0.05, 0.1) is 21.0 Å². The number of hydrogen-bond donors (Lipinski definition) is 2. The molecule has 0 aliphatic rings. The highest BCUT2D eigenvalue weighted by Gasteiger charge is 2.13. The number of hydrogen-bond acceptors (Lipinski definition) is 5. The second kappa shape index (κ2) is 6.64. The molecule has 3 rings (SSSR count). The Hall–Kier alpha value is -2.64. The van der Waals surface area contributed by atoms with E-state index >= 15 is 0 Å². The summed E-state index contributed by atoms with van der Waals surface area (Å²) in [5, 5.41) is 15.7. The predicted molar refractivity (Wildman–Crippen MR) is 86.6 cm³/mol. The van der Waals surface area contributed by atoms with Gasteiger partial charge in [-0.1, -0.05) is 58.6 Å². The number of aromatic nitrogens is 3. The fourth-order valence-electron chi connectivity index (χ4n) is 1.97. The van der Waals surface area contributed by atoms with Crippen LogP contribution in [0.25, 0.3) is 11.1 Å². The zero-order chi connectivity index (χ0) is 16.2. The van der Waals surface area contributed by atoms with Crippen LogP contribution in [0.15, 0.2) is 47.0 Å². The minimum Gasteiger partial charge on any atom is -0.307 e. The highest BCUT2D eigenvalue weighted by atomic mass is 35.5. The van der Waals surface area contributed by atoms with E-state index in [1.54, 1.807) is 24.3 Å². The van der Waals surface area contributed by atoms with E-state index in [2.05, 4.69) is 30.7 Å². The average Bonchev–Trinajstić information content (AvgIpc) is 3.03. The summed E-state index contributed by atoms with van der Waals surface area (Å²) in [6.07, 6.45) is 0. The fraction of sp³-hybridized carbons (Fsp3) is 0. The van der Waals surface area contributed by atoms with Gasteiger partial charge in [-0.25, -0.2) is 4.79 Å². The molecule has 3 aromatic rings. The molecule has 0 aliphatic heterocycles. The number of para-hydroxylation sites is 1. The van der Waals surface area contributed by atoms with Gasteiger partial charge in [0.2, 0.25) is 0 Å². The third-order valence-electron chi connectivity index (χ3n) is 2.94. The molecule has 0 fully saturated rings. The van der Waals surface area contributed by atoms with Crippen LogP contribution in [0, 0.1) is 0 Å². The Morgan fingerprint density at radius 2 is 1.78 bits per heavy atom. The summed E-state index contributed by atoms with van der Waals surface area (Å²) >= 11 is 12.3. The van der Waals surface area contributed by atoms with Crippen molar-refractivity contribution in [2.75, 3.05) is 10.6 Å². The molecule has 2 amide bonds. The van der Waals surface area contributed by atoms with Gasteiger partial charge in [-0.2, -0.15) is 0 Å². The normalized spacial score (nSPS) is 10.3. The molecule has 0 atom stereocenters. The molecule has 0 radical (unpaired) electrons. The van der Waals surface area contributed by atoms with Crippen LogP contribution in [-0.4, -0.2) is 21.6 Å². The molecule has 0 bridgehead atoms. The maximum absolute atomic E-state index is 12.0. The number of rotatable bonds is 3. The number of anilines is 2. The van der Waals surface area contributed by atoms with Crippen molar-refractivity contribution in [1.29, 1.82) is 0 Å². The van der Waals surface area contributed by atoms with Gasteiger partial charge in [-0.15, -0.1) is 0 Å². The number of nitrogens with one attached hydrogen (secondary N) is 2. The van der Waals surface area contributed by atoms with Crippen LogP contribution in [0.1, 0.15) is 0 Å². The predicted octanol–water partition coefficient (Wildman–Crippen LogP) is 4.08. The summed E-state index contributed by atoms with van der Waals surface area (Å²) in [7, 11) is 0. The monoisotopic (exact) mass is 349 g/mol. The first-order valence-electron chi connectivity index (χ1n) is 6.41. The van der Waals surface area contributed by atoms with E-state index in [4.69, 9.17) is 23.2 Å². The van der Waals surface area contributed by atoms with E-state index < -0.39 is 6.03 Å². The lowest BCUT2D eigenvalue weighted by molar-refractivity contribution is 0.261. The Kier molecular flexibility index (Phi) is 4.40. The molecule has 9 heteroatoms. The molecule has 0 spiro atoms. The molecule has 1 heterocycles. The van der Waals surface area contributed by atoms with Gasteiger partial charge >= 0.3 is 12.0 Å². The summed E-state index contributed by atoms with van der Waals surface area (Å²) in [6.45, 7) is 0. The highest BCUT2D eigenvalue weighted by molar-refractivity contribution is 6.43. The van der Waals surface area contributed by atoms with Gasteiger partial charge in [-0.05, 0) is 17.3 Å². The Labute approximate surface area is 140 Å². The van der Waals surface area contributed by atoms with Gasteiger partial charge < -0.3 is 5.32 Å².